The minimum Gasteiger partial charge on any atom is -0.468 e. The molecular formula is C27H29N5O5. The van der Waals surface area contributed by atoms with Crippen LogP contribution in [0.25, 0.3) is 5.57 Å². The van der Waals surface area contributed by atoms with Gasteiger partial charge in [-0.15, -0.1) is 0 Å². The number of methoxy groups -OCH3 is 1. The number of carbonyl (C=O) groups excluding carboxylic acids is 1. The van der Waals surface area contributed by atoms with Gasteiger partial charge in [0.25, 0.3) is 11.6 Å². The molecule has 192 valence electrons. The Morgan fingerprint density at radius 2 is 1.86 bits per heavy atom. The number of aliphatic imine (C=N–C) groups is 1. The molecule has 0 N–H and O–H groups in total. The number of esters is 1. The highest BCUT2D eigenvalue weighted by Crippen LogP contribution is 2.44. The Hall–Kier alpha value is -4.18. The number of aromatic nitrogens is 2. The monoisotopic (exact) mass is 503 g/mol. The molecule has 37 heavy (non-hydrogen) atoms. The van der Waals surface area contributed by atoms with Gasteiger partial charge in [0.2, 0.25) is 0 Å². The van der Waals surface area contributed by atoms with Crippen molar-refractivity contribution in [3.63, 3.8) is 0 Å². The maximum absolute atomic E-state index is 12.9. The highest BCUT2D eigenvalue weighted by Gasteiger charge is 2.42. The van der Waals surface area contributed by atoms with Crippen LogP contribution >= 0.6 is 0 Å². The van der Waals surface area contributed by atoms with E-state index in [2.05, 4.69) is 44.3 Å². The van der Waals surface area contributed by atoms with Crippen LogP contribution in [0.2, 0.25) is 0 Å². The first-order valence-corrected chi connectivity index (χ1v) is 11.8. The standard InChI is InChI=1S/C27H29N5O5/c1-16-9-11-19(12-10-16)14-31(4)15-22-29-26(37-30-22)23-17(2)28-18(3)24(27(33)36-5)25(23)20-7-6-8-21(13-20)32(34)35/h6-13,24-25H,14-15H2,1-5H3. The molecule has 2 aromatic carbocycles. The number of benzene rings is 2. The van der Waals surface area contributed by atoms with Crippen LogP contribution in [0, 0.1) is 23.0 Å². The molecule has 0 spiro atoms. The lowest BCUT2D eigenvalue weighted by Gasteiger charge is -2.30. The Morgan fingerprint density at radius 1 is 1.14 bits per heavy atom. The number of hydrogen-bond acceptors (Lipinski definition) is 9. The van der Waals surface area contributed by atoms with Crippen molar-refractivity contribution in [3.8, 4) is 0 Å². The van der Waals surface area contributed by atoms with Crippen molar-refractivity contribution in [2.75, 3.05) is 14.2 Å². The number of aryl methyl sites for hydroxylation is 1. The number of ether oxygens (including phenoxy) is 1. The number of rotatable bonds is 8. The number of carbonyl (C=O) groups is 1. The molecule has 0 saturated heterocycles. The minimum absolute atomic E-state index is 0.0813. The molecule has 2 heterocycles. The smallest absolute Gasteiger partial charge is 0.315 e. The van der Waals surface area contributed by atoms with E-state index in [1.165, 1.54) is 30.4 Å². The molecule has 2 atom stereocenters. The molecule has 1 aliphatic rings. The SMILES string of the molecule is COC(=O)C1C(C)=NC(C)=C(c2nc(CN(C)Cc3ccc(C)cc3)no2)C1c1cccc([N+](=O)[O-])c1. The van der Waals surface area contributed by atoms with Gasteiger partial charge >= 0.3 is 5.97 Å². The largest absolute Gasteiger partial charge is 0.468 e. The van der Waals surface area contributed by atoms with E-state index >= 15 is 0 Å². The highest BCUT2D eigenvalue weighted by atomic mass is 16.6. The molecule has 1 aliphatic heterocycles. The maximum atomic E-state index is 12.9. The fourth-order valence-corrected chi connectivity index (χ4v) is 4.67. The third-order valence-electron chi connectivity index (χ3n) is 6.41. The van der Waals surface area contributed by atoms with Gasteiger partial charge in [-0.25, -0.2) is 0 Å². The maximum Gasteiger partial charge on any atom is 0.315 e. The molecule has 10 heteroatoms. The van der Waals surface area contributed by atoms with Crippen LogP contribution in [-0.4, -0.2) is 45.8 Å². The summed E-state index contributed by atoms with van der Waals surface area (Å²) in [5.74, 6) is -1.25. The summed E-state index contributed by atoms with van der Waals surface area (Å²) in [6.07, 6.45) is 0. The van der Waals surface area contributed by atoms with E-state index < -0.39 is 22.7 Å². The van der Waals surface area contributed by atoms with E-state index in [0.717, 1.165) is 0 Å². The van der Waals surface area contributed by atoms with Crippen LogP contribution in [0.4, 0.5) is 5.69 Å². The Labute approximate surface area is 214 Å². The predicted octanol–water partition coefficient (Wildman–Crippen LogP) is 4.70. The Kier molecular flexibility index (Phi) is 7.58. The predicted molar refractivity (Wildman–Crippen MR) is 138 cm³/mol. The first-order valence-electron chi connectivity index (χ1n) is 11.8. The summed E-state index contributed by atoms with van der Waals surface area (Å²) in [4.78, 5) is 35.2. The zero-order chi connectivity index (χ0) is 26.7. The fraction of sp³-hybridized carbons (Fsp3) is 0.333. The van der Waals surface area contributed by atoms with E-state index in [1.807, 2.05) is 14.0 Å². The Balaban J connectivity index is 1.68. The van der Waals surface area contributed by atoms with Gasteiger partial charge in [0.05, 0.1) is 18.6 Å². The molecule has 0 radical (unpaired) electrons. The van der Waals surface area contributed by atoms with Crippen molar-refractivity contribution in [1.82, 2.24) is 15.0 Å². The van der Waals surface area contributed by atoms with Crippen LogP contribution in [0.3, 0.4) is 0 Å². The Bertz CT molecular complexity index is 1380. The second kappa shape index (κ2) is 10.8. The van der Waals surface area contributed by atoms with Crippen molar-refractivity contribution < 1.29 is 19.0 Å². The molecule has 4 rings (SSSR count). The second-order valence-electron chi connectivity index (χ2n) is 9.26. The summed E-state index contributed by atoms with van der Waals surface area (Å²) in [6, 6.07) is 14.5. The average molecular weight is 504 g/mol. The van der Waals surface area contributed by atoms with Crippen LogP contribution in [0.15, 0.2) is 63.7 Å². The lowest BCUT2D eigenvalue weighted by molar-refractivity contribution is -0.384. The second-order valence-corrected chi connectivity index (χ2v) is 9.26. The third-order valence-corrected chi connectivity index (χ3v) is 6.41. The van der Waals surface area contributed by atoms with Gasteiger partial charge in [-0.3, -0.25) is 24.8 Å². The number of allylic oxidation sites excluding steroid dienone is 2. The minimum atomic E-state index is -0.801. The van der Waals surface area contributed by atoms with E-state index in [1.54, 1.807) is 26.0 Å². The van der Waals surface area contributed by atoms with Gasteiger partial charge in [0, 0.05) is 41.6 Å². The molecule has 2 unspecified atom stereocenters. The quantitative estimate of drug-likeness (QED) is 0.246. The third kappa shape index (κ3) is 5.64. The molecule has 3 aromatic rings. The highest BCUT2D eigenvalue weighted by molar-refractivity contribution is 6.06. The number of nitrogens with zero attached hydrogens (tertiary/aromatic N) is 5. The topological polar surface area (TPSA) is 124 Å². The summed E-state index contributed by atoms with van der Waals surface area (Å²) in [5, 5.41) is 15.6. The lowest BCUT2D eigenvalue weighted by atomic mass is 9.75. The van der Waals surface area contributed by atoms with Gasteiger partial charge < -0.3 is 9.26 Å². The summed E-state index contributed by atoms with van der Waals surface area (Å²) in [5.41, 5.74) is 4.53. The summed E-state index contributed by atoms with van der Waals surface area (Å²) in [6.45, 7) is 6.73. The number of nitro groups is 1. The lowest BCUT2D eigenvalue weighted by Crippen LogP contribution is -2.33. The zero-order valence-electron chi connectivity index (χ0n) is 21.5. The van der Waals surface area contributed by atoms with Crippen LogP contribution in [-0.2, 0) is 22.6 Å². The van der Waals surface area contributed by atoms with Crippen LogP contribution in [0.5, 0.6) is 0 Å². The van der Waals surface area contributed by atoms with E-state index in [-0.39, 0.29) is 11.6 Å². The van der Waals surface area contributed by atoms with Crippen LogP contribution in [0.1, 0.15) is 48.2 Å². The Morgan fingerprint density at radius 3 is 2.54 bits per heavy atom. The summed E-state index contributed by atoms with van der Waals surface area (Å²) in [7, 11) is 3.27. The summed E-state index contributed by atoms with van der Waals surface area (Å²) < 4.78 is 10.7. The molecule has 0 saturated carbocycles. The average Bonchev–Trinajstić information content (AvgIpc) is 3.32. The normalized spacial score (nSPS) is 17.6. The molecule has 0 fully saturated rings. The van der Waals surface area contributed by atoms with E-state index in [9.17, 15) is 14.9 Å². The van der Waals surface area contributed by atoms with Crippen molar-refractivity contribution in [2.24, 2.45) is 10.9 Å². The molecule has 1 aromatic heterocycles. The van der Waals surface area contributed by atoms with Gasteiger partial charge in [-0.1, -0.05) is 47.1 Å². The summed E-state index contributed by atoms with van der Waals surface area (Å²) >= 11 is 0. The molecule has 0 amide bonds. The molecular weight excluding hydrogens is 474 g/mol. The van der Waals surface area contributed by atoms with E-state index in [4.69, 9.17) is 9.26 Å². The van der Waals surface area contributed by atoms with Crippen molar-refractivity contribution in [3.05, 3.63) is 92.7 Å². The van der Waals surface area contributed by atoms with Crippen molar-refractivity contribution in [1.29, 1.82) is 0 Å². The van der Waals surface area contributed by atoms with Crippen molar-refractivity contribution >= 4 is 22.9 Å². The van der Waals surface area contributed by atoms with Gasteiger partial charge in [0.1, 0.15) is 5.92 Å². The van der Waals surface area contributed by atoms with Gasteiger partial charge in [-0.2, -0.15) is 4.98 Å². The number of hydrogen-bond donors (Lipinski definition) is 0. The first-order chi connectivity index (χ1) is 17.7. The van der Waals surface area contributed by atoms with Gasteiger partial charge in [0.15, 0.2) is 5.82 Å². The van der Waals surface area contributed by atoms with Crippen LogP contribution < -0.4 is 0 Å². The van der Waals surface area contributed by atoms with Crippen molar-refractivity contribution in [2.45, 2.75) is 39.8 Å². The first kappa shape index (κ1) is 25.9. The molecule has 10 nitrogen and oxygen atoms in total. The molecule has 0 aliphatic carbocycles. The number of non-ortho nitro benzene ring substituents is 1. The molecule has 0 bridgehead atoms. The van der Waals surface area contributed by atoms with Gasteiger partial charge in [-0.05, 0) is 38.9 Å². The zero-order valence-corrected chi connectivity index (χ0v) is 21.5. The number of nitro benzene ring substituents is 1. The fourth-order valence-electron chi connectivity index (χ4n) is 4.67. The van der Waals surface area contributed by atoms with E-state index in [0.29, 0.717) is 41.5 Å².